The predicted molar refractivity (Wildman–Crippen MR) is 92.1 cm³/mol. The van der Waals surface area contributed by atoms with Gasteiger partial charge in [0.2, 0.25) is 0 Å². The summed E-state index contributed by atoms with van der Waals surface area (Å²) < 4.78 is 11.4. The van der Waals surface area contributed by atoms with Crippen molar-refractivity contribution in [3.63, 3.8) is 0 Å². The van der Waals surface area contributed by atoms with Crippen LogP contribution >= 0.6 is 0 Å². The Morgan fingerprint density at radius 1 is 1.00 bits per heavy atom. The minimum Gasteiger partial charge on any atom is -0.491 e. The van der Waals surface area contributed by atoms with E-state index in [1.807, 2.05) is 63.2 Å². The van der Waals surface area contributed by atoms with Crippen LogP contribution in [0.4, 0.5) is 5.69 Å². The highest BCUT2D eigenvalue weighted by Crippen LogP contribution is 2.20. The number of anilines is 1. The highest BCUT2D eigenvalue weighted by Gasteiger charge is 2.16. The quantitative estimate of drug-likeness (QED) is 0.870. The first-order valence-corrected chi connectivity index (χ1v) is 7.75. The molecule has 0 bridgehead atoms. The fourth-order valence-electron chi connectivity index (χ4n) is 2.10. The molecule has 0 radical (unpaired) electrons. The smallest absolute Gasteiger partial charge is 0.265 e. The van der Waals surface area contributed by atoms with Crippen molar-refractivity contribution in [1.29, 1.82) is 0 Å². The summed E-state index contributed by atoms with van der Waals surface area (Å²) in [5.41, 5.74) is 1.69. The van der Waals surface area contributed by atoms with Crippen LogP contribution in [-0.2, 0) is 4.79 Å². The minimum atomic E-state index is -0.592. The van der Waals surface area contributed by atoms with Gasteiger partial charge in [-0.2, -0.15) is 0 Å². The monoisotopic (exact) mass is 313 g/mol. The van der Waals surface area contributed by atoms with E-state index in [1.54, 1.807) is 13.0 Å². The molecule has 2 aromatic rings. The summed E-state index contributed by atoms with van der Waals surface area (Å²) in [6.07, 6.45) is -0.505. The molecule has 1 N–H and O–H groups in total. The second-order valence-corrected chi connectivity index (χ2v) is 5.71. The molecule has 23 heavy (non-hydrogen) atoms. The van der Waals surface area contributed by atoms with E-state index >= 15 is 0 Å². The van der Waals surface area contributed by atoms with E-state index < -0.39 is 6.10 Å². The van der Waals surface area contributed by atoms with Gasteiger partial charge in [-0.1, -0.05) is 24.3 Å². The van der Waals surface area contributed by atoms with Crippen molar-refractivity contribution in [2.75, 3.05) is 5.32 Å². The van der Waals surface area contributed by atoms with Crippen molar-refractivity contribution in [3.05, 3.63) is 54.1 Å². The number of hydrogen-bond donors (Lipinski definition) is 1. The fraction of sp³-hybridized carbons (Fsp3) is 0.316. The molecule has 1 atom stereocenters. The number of para-hydroxylation sites is 1. The van der Waals surface area contributed by atoms with Crippen molar-refractivity contribution >= 4 is 11.6 Å². The molecule has 2 aromatic carbocycles. The Hall–Kier alpha value is -2.49. The van der Waals surface area contributed by atoms with E-state index in [2.05, 4.69) is 5.32 Å². The maximum absolute atomic E-state index is 12.3. The molecule has 2 rings (SSSR count). The van der Waals surface area contributed by atoms with E-state index in [0.717, 1.165) is 11.3 Å². The lowest BCUT2D eigenvalue weighted by Crippen LogP contribution is -2.30. The van der Waals surface area contributed by atoms with E-state index in [-0.39, 0.29) is 12.0 Å². The third-order valence-electron chi connectivity index (χ3n) is 3.24. The first-order chi connectivity index (χ1) is 11.0. The summed E-state index contributed by atoms with van der Waals surface area (Å²) in [6.45, 7) is 7.61. The summed E-state index contributed by atoms with van der Waals surface area (Å²) in [5, 5.41) is 2.85. The Morgan fingerprint density at radius 3 is 2.43 bits per heavy atom. The van der Waals surface area contributed by atoms with Crippen LogP contribution in [0.15, 0.2) is 48.5 Å². The highest BCUT2D eigenvalue weighted by atomic mass is 16.5. The third-order valence-corrected chi connectivity index (χ3v) is 3.24. The number of nitrogens with one attached hydrogen (secondary N) is 1. The zero-order chi connectivity index (χ0) is 16.8. The van der Waals surface area contributed by atoms with Crippen LogP contribution in [0.2, 0.25) is 0 Å². The van der Waals surface area contributed by atoms with Crippen molar-refractivity contribution in [2.45, 2.75) is 39.9 Å². The van der Waals surface area contributed by atoms with Crippen LogP contribution in [0.3, 0.4) is 0 Å². The molecule has 0 aliphatic heterocycles. The van der Waals surface area contributed by atoms with Gasteiger partial charge >= 0.3 is 0 Å². The Balaban J connectivity index is 1.99. The first-order valence-electron chi connectivity index (χ1n) is 7.75. The number of carbonyl (C=O) groups excluding carboxylic acids is 1. The summed E-state index contributed by atoms with van der Waals surface area (Å²) in [4.78, 5) is 12.3. The van der Waals surface area contributed by atoms with Gasteiger partial charge in [-0.25, -0.2) is 0 Å². The minimum absolute atomic E-state index is 0.0873. The zero-order valence-electron chi connectivity index (χ0n) is 14.0. The van der Waals surface area contributed by atoms with Crippen molar-refractivity contribution < 1.29 is 14.3 Å². The predicted octanol–water partition coefficient (Wildman–Crippen LogP) is 4.19. The third kappa shape index (κ3) is 5.02. The van der Waals surface area contributed by atoms with E-state index in [0.29, 0.717) is 11.4 Å². The molecule has 0 saturated heterocycles. The molecular formula is C19H23NO3. The van der Waals surface area contributed by atoms with Gasteiger partial charge in [-0.15, -0.1) is 0 Å². The lowest BCUT2D eigenvalue weighted by atomic mass is 10.2. The van der Waals surface area contributed by atoms with Gasteiger partial charge in [0, 0.05) is 11.8 Å². The average Bonchev–Trinajstić information content (AvgIpc) is 2.49. The number of benzene rings is 2. The Labute approximate surface area is 137 Å². The molecular weight excluding hydrogens is 290 g/mol. The van der Waals surface area contributed by atoms with Gasteiger partial charge in [0.15, 0.2) is 6.10 Å². The zero-order valence-corrected chi connectivity index (χ0v) is 14.0. The molecule has 0 unspecified atom stereocenters. The second-order valence-electron chi connectivity index (χ2n) is 5.71. The van der Waals surface area contributed by atoms with Gasteiger partial charge in [0.1, 0.15) is 11.5 Å². The number of carbonyl (C=O) groups is 1. The summed E-state index contributed by atoms with van der Waals surface area (Å²) >= 11 is 0. The van der Waals surface area contributed by atoms with Gasteiger partial charge in [-0.3, -0.25) is 4.79 Å². The SMILES string of the molecule is Cc1ccccc1O[C@@H](C)C(=O)Nc1cccc(OC(C)C)c1. The standard InChI is InChI=1S/C19H23NO3/c1-13(2)22-17-10-7-9-16(12-17)20-19(21)15(4)23-18-11-6-5-8-14(18)3/h5-13,15H,1-4H3,(H,20,21)/t15-/m0/s1. The normalized spacial score (nSPS) is 11.9. The summed E-state index contributed by atoms with van der Waals surface area (Å²) in [6, 6.07) is 15.0. The second kappa shape index (κ2) is 7.68. The molecule has 122 valence electrons. The Morgan fingerprint density at radius 2 is 1.74 bits per heavy atom. The lowest BCUT2D eigenvalue weighted by molar-refractivity contribution is -0.122. The lowest BCUT2D eigenvalue weighted by Gasteiger charge is -2.17. The van der Waals surface area contributed by atoms with Gasteiger partial charge in [0.05, 0.1) is 6.10 Å². The molecule has 0 fully saturated rings. The Bertz CT molecular complexity index is 667. The van der Waals surface area contributed by atoms with Gasteiger partial charge in [0.25, 0.3) is 5.91 Å². The fourth-order valence-corrected chi connectivity index (χ4v) is 2.10. The van der Waals surface area contributed by atoms with Crippen LogP contribution in [0.25, 0.3) is 0 Å². The molecule has 0 aromatic heterocycles. The van der Waals surface area contributed by atoms with Crippen LogP contribution in [0.1, 0.15) is 26.3 Å². The number of ether oxygens (including phenoxy) is 2. The average molecular weight is 313 g/mol. The summed E-state index contributed by atoms with van der Waals surface area (Å²) in [7, 11) is 0. The Kier molecular flexibility index (Phi) is 5.63. The van der Waals surface area contributed by atoms with Crippen molar-refractivity contribution in [1.82, 2.24) is 0 Å². The molecule has 0 spiro atoms. The number of rotatable bonds is 6. The van der Waals surface area contributed by atoms with Crippen LogP contribution in [0.5, 0.6) is 11.5 Å². The molecule has 0 aliphatic carbocycles. The maximum atomic E-state index is 12.3. The van der Waals surface area contributed by atoms with E-state index in [9.17, 15) is 4.79 Å². The topological polar surface area (TPSA) is 47.6 Å². The van der Waals surface area contributed by atoms with Gasteiger partial charge < -0.3 is 14.8 Å². The van der Waals surface area contributed by atoms with E-state index in [4.69, 9.17) is 9.47 Å². The van der Waals surface area contributed by atoms with Crippen LogP contribution in [0, 0.1) is 6.92 Å². The van der Waals surface area contributed by atoms with Gasteiger partial charge in [-0.05, 0) is 51.5 Å². The highest BCUT2D eigenvalue weighted by molar-refractivity contribution is 5.94. The maximum Gasteiger partial charge on any atom is 0.265 e. The van der Waals surface area contributed by atoms with E-state index in [1.165, 1.54) is 0 Å². The van der Waals surface area contributed by atoms with Crippen molar-refractivity contribution in [3.8, 4) is 11.5 Å². The number of aryl methyl sites for hydroxylation is 1. The molecule has 1 amide bonds. The molecule has 0 heterocycles. The largest absolute Gasteiger partial charge is 0.491 e. The number of amides is 1. The summed E-state index contributed by atoms with van der Waals surface area (Å²) in [5.74, 6) is 1.24. The molecule has 0 aliphatic rings. The van der Waals surface area contributed by atoms with Crippen molar-refractivity contribution in [2.24, 2.45) is 0 Å². The molecule has 4 nitrogen and oxygen atoms in total. The number of hydrogen-bond acceptors (Lipinski definition) is 3. The van der Waals surface area contributed by atoms with Crippen LogP contribution in [-0.4, -0.2) is 18.1 Å². The van der Waals surface area contributed by atoms with Crippen LogP contribution < -0.4 is 14.8 Å². The molecule has 0 saturated carbocycles. The molecule has 4 heteroatoms. The first kappa shape index (κ1) is 16.9.